The molecular weight excluding hydrogens is 797 g/mol. The molecule has 10 aromatic rings. The Morgan fingerprint density at radius 2 is 0.712 bits per heavy atom. The highest BCUT2D eigenvalue weighted by molar-refractivity contribution is 6.29. The van der Waals surface area contributed by atoms with E-state index in [1.54, 1.807) is 0 Å². The number of aryl methyl sites for hydroxylation is 8. The summed E-state index contributed by atoms with van der Waals surface area (Å²) in [6.07, 6.45) is 0. The number of hydrogen-bond donors (Lipinski definition) is 0. The van der Waals surface area contributed by atoms with Crippen LogP contribution in [-0.4, -0.2) is 0 Å². The van der Waals surface area contributed by atoms with Gasteiger partial charge in [0.25, 0.3) is 0 Å². The van der Waals surface area contributed by atoms with Crippen LogP contribution in [0.15, 0.2) is 164 Å². The van der Waals surface area contributed by atoms with E-state index in [0.29, 0.717) is 0 Å². The Kier molecular flexibility index (Phi) is 10.6. The molecule has 10 rings (SSSR count). The Bertz CT molecular complexity index is 3290. The van der Waals surface area contributed by atoms with E-state index >= 15 is 0 Å². The molecule has 0 N–H and O–H groups in total. The molecule has 0 fully saturated rings. The van der Waals surface area contributed by atoms with Crippen LogP contribution in [0.4, 0.5) is 34.1 Å². The molecule has 0 heterocycles. The van der Waals surface area contributed by atoms with Crippen LogP contribution in [0.5, 0.6) is 0 Å². The number of nitrogens with zero attached hydrogens (tertiary/aromatic N) is 2. The molecule has 0 aliphatic heterocycles. The molecule has 0 unspecified atom stereocenters. The maximum absolute atomic E-state index is 2.58. The van der Waals surface area contributed by atoms with Gasteiger partial charge in [0, 0.05) is 38.9 Å². The van der Waals surface area contributed by atoms with Gasteiger partial charge < -0.3 is 9.80 Å². The first-order valence-corrected chi connectivity index (χ1v) is 23.5. The van der Waals surface area contributed by atoms with Gasteiger partial charge in [-0.15, -0.1) is 0 Å². The van der Waals surface area contributed by atoms with Gasteiger partial charge in [0.1, 0.15) is 0 Å². The summed E-state index contributed by atoms with van der Waals surface area (Å²) < 4.78 is 0. The van der Waals surface area contributed by atoms with Crippen LogP contribution in [-0.2, 0) is 5.41 Å². The lowest BCUT2D eigenvalue weighted by molar-refractivity contribution is 0.591. The van der Waals surface area contributed by atoms with E-state index in [2.05, 4.69) is 250 Å². The van der Waals surface area contributed by atoms with Gasteiger partial charge in [-0.2, -0.15) is 0 Å². The quantitative estimate of drug-likeness (QED) is 0.141. The highest BCUT2D eigenvalue weighted by Gasteiger charge is 2.28. The summed E-state index contributed by atoms with van der Waals surface area (Å²) in [5.41, 5.74) is 23.0. The molecule has 2 heteroatoms. The van der Waals surface area contributed by atoms with Crippen molar-refractivity contribution in [1.29, 1.82) is 0 Å². The van der Waals surface area contributed by atoms with Crippen LogP contribution < -0.4 is 9.80 Å². The molecule has 326 valence electrons. The lowest BCUT2D eigenvalue weighted by atomic mass is 9.83. The lowest BCUT2D eigenvalue weighted by Crippen LogP contribution is -2.17. The largest absolute Gasteiger partial charge is 0.309 e. The van der Waals surface area contributed by atoms with Crippen molar-refractivity contribution in [3.8, 4) is 22.3 Å². The first-order valence-electron chi connectivity index (χ1n) is 23.5. The van der Waals surface area contributed by atoms with E-state index < -0.39 is 0 Å². The van der Waals surface area contributed by atoms with Crippen molar-refractivity contribution in [3.63, 3.8) is 0 Å². The maximum Gasteiger partial charge on any atom is 0.0561 e. The van der Waals surface area contributed by atoms with Gasteiger partial charge in [-0.1, -0.05) is 154 Å². The number of hydrogen-bond acceptors (Lipinski definition) is 2. The van der Waals surface area contributed by atoms with Crippen LogP contribution in [0.1, 0.15) is 70.8 Å². The predicted octanol–water partition coefficient (Wildman–Crippen LogP) is 18.6. The molecule has 0 bridgehead atoms. The highest BCUT2D eigenvalue weighted by atomic mass is 15.2. The molecule has 0 aromatic heterocycles. The van der Waals surface area contributed by atoms with Crippen molar-refractivity contribution in [2.24, 2.45) is 0 Å². The van der Waals surface area contributed by atoms with Gasteiger partial charge in [0.15, 0.2) is 0 Å². The second-order valence-corrected chi connectivity index (χ2v) is 19.9. The summed E-state index contributed by atoms with van der Waals surface area (Å²) in [4.78, 5) is 5.15. The maximum atomic E-state index is 2.58. The van der Waals surface area contributed by atoms with Gasteiger partial charge >= 0.3 is 0 Å². The number of anilines is 6. The van der Waals surface area contributed by atoms with Crippen molar-refractivity contribution in [3.05, 3.63) is 214 Å². The standard InChI is InChI=1S/C64H60N2/c1-39-20-22-43(5)56(32-39)65(58-36-47(26-24-45(58)7)52-18-14-12-16-41(52)3)60-38-61(55-31-29-50-35-51(64(9,10)11)34-49-28-30-54(60)63(55)62(49)50)66(57-33-40(2)21-23-44(57)6)59-37-48(27-25-46(59)8)53-19-15-13-17-42(53)4/h12-38H,1-11H3. The summed E-state index contributed by atoms with van der Waals surface area (Å²) in [5, 5.41) is 7.57. The van der Waals surface area contributed by atoms with Crippen molar-refractivity contribution < 1.29 is 0 Å². The van der Waals surface area contributed by atoms with E-state index in [0.717, 1.165) is 22.7 Å². The van der Waals surface area contributed by atoms with Crippen molar-refractivity contribution >= 4 is 66.4 Å². The summed E-state index contributed by atoms with van der Waals surface area (Å²) in [6, 6.07) is 62.3. The van der Waals surface area contributed by atoms with E-state index in [-0.39, 0.29) is 5.41 Å². The predicted molar refractivity (Wildman–Crippen MR) is 287 cm³/mol. The Hall–Kier alpha value is -7.16. The van der Waals surface area contributed by atoms with E-state index in [1.165, 1.54) is 116 Å². The summed E-state index contributed by atoms with van der Waals surface area (Å²) in [6.45, 7) is 24.9. The Morgan fingerprint density at radius 1 is 0.318 bits per heavy atom. The SMILES string of the molecule is Cc1ccc(C)c(N(c2cc(-c3ccccc3C)ccc2C)c2cc(N(c3cc(C)ccc3C)c3cc(-c4ccccc4C)ccc3C)c3ccc4cc(C(C)(C)C)cc5ccc2c3c54)c1. The molecule has 0 saturated heterocycles. The average molecular weight is 857 g/mol. The molecule has 0 saturated carbocycles. The molecule has 0 atom stereocenters. The Balaban J connectivity index is 1.38. The molecule has 2 nitrogen and oxygen atoms in total. The molecule has 10 aromatic carbocycles. The molecule has 0 aliphatic carbocycles. The third-order valence-electron chi connectivity index (χ3n) is 14.0. The fourth-order valence-corrected chi connectivity index (χ4v) is 10.2. The molecule has 0 amide bonds. The van der Waals surface area contributed by atoms with Gasteiger partial charge in [-0.05, 0) is 180 Å². The average Bonchev–Trinajstić information content (AvgIpc) is 3.29. The summed E-state index contributed by atoms with van der Waals surface area (Å²) in [7, 11) is 0. The third kappa shape index (κ3) is 7.39. The summed E-state index contributed by atoms with van der Waals surface area (Å²) >= 11 is 0. The Labute approximate surface area is 392 Å². The zero-order valence-corrected chi connectivity index (χ0v) is 40.5. The van der Waals surface area contributed by atoms with Crippen molar-refractivity contribution in [2.45, 2.75) is 81.6 Å². The molecule has 0 aliphatic rings. The lowest BCUT2D eigenvalue weighted by Gasteiger charge is -2.35. The van der Waals surface area contributed by atoms with Crippen LogP contribution in [0, 0.1) is 55.4 Å². The highest BCUT2D eigenvalue weighted by Crippen LogP contribution is 2.53. The van der Waals surface area contributed by atoms with E-state index in [1.807, 2.05) is 0 Å². The number of rotatable bonds is 8. The zero-order valence-electron chi connectivity index (χ0n) is 40.5. The van der Waals surface area contributed by atoms with Crippen molar-refractivity contribution in [2.75, 3.05) is 9.80 Å². The fraction of sp³-hybridized carbons (Fsp3) is 0.188. The van der Waals surface area contributed by atoms with Gasteiger partial charge in [0.05, 0.1) is 11.4 Å². The first-order chi connectivity index (χ1) is 31.7. The van der Waals surface area contributed by atoms with Crippen LogP contribution in [0.3, 0.4) is 0 Å². The molecular formula is C64H60N2. The Morgan fingerprint density at radius 3 is 1.12 bits per heavy atom. The second-order valence-electron chi connectivity index (χ2n) is 19.9. The topological polar surface area (TPSA) is 6.48 Å². The van der Waals surface area contributed by atoms with Crippen LogP contribution in [0.25, 0.3) is 54.6 Å². The fourth-order valence-electron chi connectivity index (χ4n) is 10.2. The van der Waals surface area contributed by atoms with E-state index in [9.17, 15) is 0 Å². The second kappa shape index (κ2) is 16.4. The monoisotopic (exact) mass is 856 g/mol. The number of benzene rings is 10. The minimum Gasteiger partial charge on any atom is -0.309 e. The van der Waals surface area contributed by atoms with Gasteiger partial charge in [-0.25, -0.2) is 0 Å². The smallest absolute Gasteiger partial charge is 0.0561 e. The molecule has 0 radical (unpaired) electrons. The minimum absolute atomic E-state index is 0.000927. The van der Waals surface area contributed by atoms with Gasteiger partial charge in [0.2, 0.25) is 0 Å². The normalized spacial score (nSPS) is 11.9. The van der Waals surface area contributed by atoms with Crippen LogP contribution >= 0.6 is 0 Å². The van der Waals surface area contributed by atoms with Crippen LogP contribution in [0.2, 0.25) is 0 Å². The van der Waals surface area contributed by atoms with E-state index in [4.69, 9.17) is 0 Å². The minimum atomic E-state index is -0.000927. The third-order valence-corrected chi connectivity index (χ3v) is 14.0. The molecule has 0 spiro atoms. The van der Waals surface area contributed by atoms with Gasteiger partial charge in [-0.3, -0.25) is 0 Å². The van der Waals surface area contributed by atoms with Crippen molar-refractivity contribution in [1.82, 2.24) is 0 Å². The summed E-state index contributed by atoms with van der Waals surface area (Å²) in [5.74, 6) is 0. The first kappa shape index (κ1) is 42.8. The molecule has 66 heavy (non-hydrogen) atoms. The zero-order chi connectivity index (χ0) is 46.2.